The summed E-state index contributed by atoms with van der Waals surface area (Å²) in [7, 11) is 5.04. The van der Waals surface area contributed by atoms with Gasteiger partial charge < -0.3 is 58.5 Å². The zero-order chi connectivity index (χ0) is 40.2. The number of benzene rings is 2. The molecule has 13 atom stereocenters. The van der Waals surface area contributed by atoms with Gasteiger partial charge in [-0.1, -0.05) is 19.1 Å². The number of fused-ring (bicyclic) bond motifs is 3. The Morgan fingerprint density at radius 2 is 1.61 bits per heavy atom. The molecule has 2 aliphatic carbocycles. The van der Waals surface area contributed by atoms with E-state index in [0.29, 0.717) is 30.4 Å². The smallest absolute Gasteiger partial charge is 0.316 e. The molecule has 0 spiro atoms. The third-order valence-electron chi connectivity index (χ3n) is 12.2. The van der Waals surface area contributed by atoms with Crippen LogP contribution in [0, 0.1) is 0 Å². The van der Waals surface area contributed by atoms with Crippen LogP contribution < -0.4 is 0 Å². The van der Waals surface area contributed by atoms with Crippen molar-refractivity contribution in [1.82, 2.24) is 4.90 Å². The van der Waals surface area contributed by atoms with Crippen LogP contribution in [0.15, 0.2) is 30.3 Å². The van der Waals surface area contributed by atoms with Crippen molar-refractivity contribution in [3.63, 3.8) is 0 Å². The summed E-state index contributed by atoms with van der Waals surface area (Å²) in [5.74, 6) is -3.21. The average Bonchev–Trinajstić information content (AvgIpc) is 3.16. The van der Waals surface area contributed by atoms with Gasteiger partial charge in [0.25, 0.3) is 0 Å². The maximum Gasteiger partial charge on any atom is 0.316 e. The summed E-state index contributed by atoms with van der Waals surface area (Å²) in [5.41, 5.74) is -0.812. The van der Waals surface area contributed by atoms with Gasteiger partial charge in [-0.25, -0.2) is 0 Å². The molecule has 7 rings (SSSR count). The maximum atomic E-state index is 13.8. The van der Waals surface area contributed by atoms with Crippen LogP contribution in [0.3, 0.4) is 0 Å². The van der Waals surface area contributed by atoms with Gasteiger partial charge in [-0.2, -0.15) is 0 Å². The molecule has 306 valence electrons. The molecule has 3 fully saturated rings. The minimum Gasteiger partial charge on any atom is -0.507 e. The number of phenolic OH excluding ortho intramolecular Hbond substituents is 1. The van der Waals surface area contributed by atoms with Gasteiger partial charge in [0, 0.05) is 48.4 Å². The molecule has 0 radical (unpaired) electrons. The number of phenols is 1. The Labute approximate surface area is 325 Å². The van der Waals surface area contributed by atoms with Crippen LogP contribution in [-0.4, -0.2) is 138 Å². The van der Waals surface area contributed by atoms with E-state index in [2.05, 4.69) is 0 Å². The molecule has 0 saturated carbocycles. The minimum atomic E-state index is -1.63. The highest BCUT2D eigenvalue weighted by Gasteiger charge is 2.52. The normalized spacial score (nSPS) is 37.1. The number of methoxy groups -OCH3 is 1. The number of carbonyl (C=O) groups excluding carboxylic acids is 3. The summed E-state index contributed by atoms with van der Waals surface area (Å²) in [6.07, 6.45) is -4.81. The number of esters is 1. The minimum absolute atomic E-state index is 0.0359. The second kappa shape index (κ2) is 16.1. The van der Waals surface area contributed by atoms with Gasteiger partial charge in [0.15, 0.2) is 30.4 Å². The van der Waals surface area contributed by atoms with Crippen molar-refractivity contribution in [3.8, 4) is 5.75 Å². The molecule has 3 heterocycles. The summed E-state index contributed by atoms with van der Waals surface area (Å²) in [6, 6.07) is 7.08. The van der Waals surface area contributed by atoms with Crippen LogP contribution in [0.1, 0.15) is 114 Å². The molecular weight excluding hydrogens is 730 g/mol. The number of rotatable bonds is 9. The Morgan fingerprint density at radius 1 is 0.893 bits per heavy atom. The Bertz CT molecular complexity index is 1810. The molecule has 0 aromatic heterocycles. The molecule has 2 aromatic carbocycles. The summed E-state index contributed by atoms with van der Waals surface area (Å²) in [5, 5.41) is 43.7. The van der Waals surface area contributed by atoms with Crippen LogP contribution >= 0.6 is 0 Å². The van der Waals surface area contributed by atoms with Crippen LogP contribution in [0.5, 0.6) is 5.75 Å². The first-order valence-corrected chi connectivity index (χ1v) is 19.4. The number of ether oxygens (including phenoxy) is 7. The third-order valence-corrected chi connectivity index (χ3v) is 12.2. The lowest BCUT2D eigenvalue weighted by Crippen LogP contribution is -2.56. The van der Waals surface area contributed by atoms with Gasteiger partial charge in [0.1, 0.15) is 17.8 Å². The van der Waals surface area contributed by atoms with E-state index in [0.717, 1.165) is 0 Å². The molecule has 15 heteroatoms. The highest BCUT2D eigenvalue weighted by molar-refractivity contribution is 6.29. The van der Waals surface area contributed by atoms with Crippen molar-refractivity contribution in [2.24, 2.45) is 0 Å². The molecule has 13 unspecified atom stereocenters. The van der Waals surface area contributed by atoms with Crippen LogP contribution in [0.2, 0.25) is 0 Å². The lowest BCUT2D eigenvalue weighted by atomic mass is 9.67. The van der Waals surface area contributed by atoms with Crippen molar-refractivity contribution in [1.29, 1.82) is 0 Å². The van der Waals surface area contributed by atoms with Gasteiger partial charge in [0.05, 0.1) is 61.5 Å². The topological polar surface area (TPSA) is 200 Å². The zero-order valence-electron chi connectivity index (χ0n) is 32.6. The number of hydrogen-bond donors (Lipinski definition) is 4. The Kier molecular flexibility index (Phi) is 11.8. The molecule has 15 nitrogen and oxygen atoms in total. The molecule has 5 aliphatic rings. The van der Waals surface area contributed by atoms with Crippen molar-refractivity contribution in [2.75, 3.05) is 27.8 Å². The summed E-state index contributed by atoms with van der Waals surface area (Å²) < 4.78 is 42.5. The van der Waals surface area contributed by atoms with E-state index in [9.17, 15) is 34.8 Å². The van der Waals surface area contributed by atoms with Gasteiger partial charge in [-0.3, -0.25) is 14.4 Å². The highest BCUT2D eigenvalue weighted by Crippen LogP contribution is 2.50. The Morgan fingerprint density at radius 3 is 2.29 bits per heavy atom. The van der Waals surface area contributed by atoms with E-state index in [1.54, 1.807) is 13.8 Å². The number of aromatic hydroxyl groups is 1. The molecule has 3 saturated heterocycles. The first-order chi connectivity index (χ1) is 26.6. The van der Waals surface area contributed by atoms with E-state index < -0.39 is 84.5 Å². The monoisotopic (exact) mass is 783 g/mol. The Hall–Kier alpha value is -3.35. The molecular formula is C41H53NO14. The predicted molar refractivity (Wildman–Crippen MR) is 196 cm³/mol. The highest BCUT2D eigenvalue weighted by atomic mass is 16.7. The average molecular weight is 784 g/mol. The quantitative estimate of drug-likeness (QED) is 0.231. The SMILES string of the molecule is CCC1(O)CC(OC2CC(N(C)C)C(OC3CC(O)C(OC4CCC(O)C(C)O4)C(C)O3)CO2)c2cc3c(cc2C1C(=O)OC)C(=O)c1cccc(O)c1C3=O. The zero-order valence-corrected chi connectivity index (χ0v) is 32.6. The van der Waals surface area contributed by atoms with E-state index in [-0.39, 0.29) is 66.0 Å². The summed E-state index contributed by atoms with van der Waals surface area (Å²) in [4.78, 5) is 42.9. The van der Waals surface area contributed by atoms with Crippen LogP contribution in [-0.2, 0) is 38.0 Å². The van der Waals surface area contributed by atoms with Crippen molar-refractivity contribution < 1.29 is 68.0 Å². The summed E-state index contributed by atoms with van der Waals surface area (Å²) >= 11 is 0. The van der Waals surface area contributed by atoms with Gasteiger partial charge in [-0.05, 0) is 70.1 Å². The largest absolute Gasteiger partial charge is 0.507 e. The molecule has 0 amide bonds. The molecule has 3 aliphatic heterocycles. The van der Waals surface area contributed by atoms with Gasteiger partial charge in [0.2, 0.25) is 0 Å². The molecule has 56 heavy (non-hydrogen) atoms. The predicted octanol–water partition coefficient (Wildman–Crippen LogP) is 2.86. The lowest BCUT2D eigenvalue weighted by Gasteiger charge is -2.46. The van der Waals surface area contributed by atoms with Crippen LogP contribution in [0.25, 0.3) is 0 Å². The van der Waals surface area contributed by atoms with Crippen LogP contribution in [0.4, 0.5) is 0 Å². The Balaban J connectivity index is 1.09. The number of hydrogen-bond acceptors (Lipinski definition) is 15. The maximum absolute atomic E-state index is 13.8. The summed E-state index contributed by atoms with van der Waals surface area (Å²) in [6.45, 7) is 5.44. The molecule has 4 N–H and O–H groups in total. The standard InChI is InChI=1S/C41H53NO14/c1-7-41(49)17-30(22-13-25-24(14-23(22)36(41)40(48)50-6)37(46)21-9-8-10-28(44)35(21)38(25)47)54-33-15-26(42(4)5)31(18-51-33)55-34-16-29(45)39(20(3)53-34)56-32-12-11-27(43)19(2)52-32/h8-10,13-14,19-20,26-27,29-34,36,39,43-45,49H,7,11-12,15-18H2,1-6H3. The fourth-order valence-corrected chi connectivity index (χ4v) is 8.95. The lowest BCUT2D eigenvalue weighted by molar-refractivity contribution is -0.320. The fraction of sp³-hybridized carbons (Fsp3) is 0.634. The fourth-order valence-electron chi connectivity index (χ4n) is 8.95. The number of aliphatic hydroxyl groups is 3. The first kappa shape index (κ1) is 40.8. The second-order valence-corrected chi connectivity index (χ2v) is 15.9. The van der Waals surface area contributed by atoms with Gasteiger partial charge >= 0.3 is 5.97 Å². The molecule has 0 bridgehead atoms. The second-order valence-electron chi connectivity index (χ2n) is 15.9. The first-order valence-electron chi connectivity index (χ1n) is 19.4. The van der Waals surface area contributed by atoms with Crippen molar-refractivity contribution in [2.45, 2.75) is 138 Å². The number of ketones is 2. The number of carbonyl (C=O) groups is 3. The number of likely N-dealkylation sites (N-methyl/N-ethyl adjacent to an activating group) is 1. The van der Waals surface area contributed by atoms with E-state index in [1.165, 1.54) is 37.4 Å². The van der Waals surface area contributed by atoms with E-state index >= 15 is 0 Å². The van der Waals surface area contributed by atoms with E-state index in [4.69, 9.17) is 33.2 Å². The van der Waals surface area contributed by atoms with Crippen molar-refractivity contribution >= 4 is 17.5 Å². The number of aliphatic hydroxyl groups excluding tert-OH is 2. The number of nitrogens with zero attached hydrogens (tertiary/aromatic N) is 1. The van der Waals surface area contributed by atoms with Crippen molar-refractivity contribution in [3.05, 3.63) is 63.7 Å². The van der Waals surface area contributed by atoms with E-state index in [1.807, 2.05) is 25.9 Å². The molecule has 2 aromatic rings. The van der Waals surface area contributed by atoms with Gasteiger partial charge in [-0.15, -0.1) is 0 Å². The third kappa shape index (κ3) is 7.54.